The van der Waals surface area contributed by atoms with E-state index in [1.54, 1.807) is 4.90 Å². The van der Waals surface area contributed by atoms with E-state index >= 15 is 0 Å². The summed E-state index contributed by atoms with van der Waals surface area (Å²) < 4.78 is 6.56. The van der Waals surface area contributed by atoms with E-state index in [9.17, 15) is 4.79 Å². The predicted molar refractivity (Wildman–Crippen MR) is 98.4 cm³/mol. The van der Waals surface area contributed by atoms with Crippen molar-refractivity contribution < 1.29 is 9.53 Å². The van der Waals surface area contributed by atoms with Gasteiger partial charge in [-0.05, 0) is 38.5 Å². The van der Waals surface area contributed by atoms with Crippen LogP contribution >= 0.6 is 24.0 Å². The van der Waals surface area contributed by atoms with Crippen LogP contribution in [0.25, 0.3) is 0 Å². The minimum atomic E-state index is -0.0181. The summed E-state index contributed by atoms with van der Waals surface area (Å²) in [5.41, 5.74) is 1.93. The Labute approximate surface area is 145 Å². The molecule has 0 aliphatic carbocycles. The maximum Gasteiger partial charge on any atom is 0.266 e. The standard InChI is InChI=1S/C17H18N2O2S2/c1-4-18-12-8-6-7-9-13(12)21-14(18)10-11(3)15-16(20)19(5-2)17(22)23-15/h6-10H,4-5H2,1-3H3/b14-10-,15-11-. The number of ether oxygens (including phenoxy) is 1. The fourth-order valence-electron chi connectivity index (χ4n) is 2.65. The van der Waals surface area contributed by atoms with E-state index in [1.165, 1.54) is 11.8 Å². The molecule has 0 N–H and O–H groups in total. The normalized spacial score (nSPS) is 21.1. The number of fused-ring (bicyclic) bond motifs is 1. The summed E-state index contributed by atoms with van der Waals surface area (Å²) in [6, 6.07) is 7.93. The molecule has 2 aliphatic heterocycles. The Hall–Kier alpha value is -1.79. The molecule has 2 aliphatic rings. The number of para-hydroxylation sites is 2. The van der Waals surface area contributed by atoms with Gasteiger partial charge in [0.05, 0.1) is 10.6 Å². The molecule has 1 fully saturated rings. The zero-order valence-corrected chi connectivity index (χ0v) is 15.0. The number of carbonyl (C=O) groups is 1. The summed E-state index contributed by atoms with van der Waals surface area (Å²) in [6.07, 6.45) is 1.92. The lowest BCUT2D eigenvalue weighted by Gasteiger charge is -2.15. The molecule has 120 valence electrons. The highest BCUT2D eigenvalue weighted by atomic mass is 32.2. The molecule has 1 saturated heterocycles. The van der Waals surface area contributed by atoms with Gasteiger partial charge in [0.25, 0.3) is 5.91 Å². The topological polar surface area (TPSA) is 32.8 Å². The molecule has 2 heterocycles. The molecule has 6 heteroatoms. The SMILES string of the molecule is CCN1C(=O)/C(=C(C)/C=C2\Oc3ccccc3N2CC)SC1=S. The average Bonchev–Trinajstić information content (AvgIpc) is 3.03. The Balaban J connectivity index is 1.95. The number of rotatable bonds is 3. The molecular weight excluding hydrogens is 328 g/mol. The van der Waals surface area contributed by atoms with E-state index in [2.05, 4.69) is 11.8 Å². The lowest BCUT2D eigenvalue weighted by molar-refractivity contribution is -0.122. The Bertz CT molecular complexity index is 740. The number of thioether (sulfide) groups is 1. The Morgan fingerprint density at radius 2 is 1.96 bits per heavy atom. The molecule has 3 rings (SSSR count). The quantitative estimate of drug-likeness (QED) is 0.612. The van der Waals surface area contributed by atoms with Gasteiger partial charge in [-0.1, -0.05) is 36.1 Å². The van der Waals surface area contributed by atoms with Gasteiger partial charge in [0.1, 0.15) is 4.32 Å². The predicted octanol–water partition coefficient (Wildman–Crippen LogP) is 3.90. The Morgan fingerprint density at radius 3 is 2.61 bits per heavy atom. The summed E-state index contributed by atoms with van der Waals surface area (Å²) in [6.45, 7) is 7.32. The average molecular weight is 346 g/mol. The number of carbonyl (C=O) groups excluding carboxylic acids is 1. The highest BCUT2D eigenvalue weighted by Crippen LogP contribution is 2.40. The van der Waals surface area contributed by atoms with Gasteiger partial charge in [0.2, 0.25) is 5.88 Å². The molecule has 1 aromatic carbocycles. The summed E-state index contributed by atoms with van der Waals surface area (Å²) in [4.78, 5) is 16.8. The van der Waals surface area contributed by atoms with Crippen LogP contribution in [0.1, 0.15) is 20.8 Å². The second-order valence-electron chi connectivity index (χ2n) is 5.23. The van der Waals surface area contributed by atoms with Crippen LogP contribution in [0.3, 0.4) is 0 Å². The fraction of sp³-hybridized carbons (Fsp3) is 0.294. The zero-order chi connectivity index (χ0) is 16.6. The Kier molecular flexibility index (Phi) is 4.46. The smallest absolute Gasteiger partial charge is 0.266 e. The van der Waals surface area contributed by atoms with Gasteiger partial charge < -0.3 is 9.64 Å². The van der Waals surface area contributed by atoms with E-state index in [1.807, 2.05) is 44.2 Å². The van der Waals surface area contributed by atoms with Crippen LogP contribution in [0.2, 0.25) is 0 Å². The third-order valence-corrected chi connectivity index (χ3v) is 5.38. The van der Waals surface area contributed by atoms with Crippen molar-refractivity contribution in [3.05, 3.63) is 46.7 Å². The third kappa shape index (κ3) is 2.77. The molecule has 0 atom stereocenters. The number of likely N-dealkylation sites (N-methyl/N-ethyl adjacent to an activating group) is 1. The van der Waals surface area contributed by atoms with Crippen molar-refractivity contribution in [2.45, 2.75) is 20.8 Å². The molecule has 23 heavy (non-hydrogen) atoms. The number of hydrogen-bond donors (Lipinski definition) is 0. The number of hydrogen-bond acceptors (Lipinski definition) is 5. The molecule has 0 radical (unpaired) electrons. The number of allylic oxidation sites excluding steroid dienone is 2. The number of amides is 1. The van der Waals surface area contributed by atoms with Crippen molar-refractivity contribution in [2.75, 3.05) is 18.0 Å². The second-order valence-corrected chi connectivity index (χ2v) is 6.87. The largest absolute Gasteiger partial charge is 0.439 e. The summed E-state index contributed by atoms with van der Waals surface area (Å²) in [7, 11) is 0. The van der Waals surface area contributed by atoms with Crippen molar-refractivity contribution in [1.29, 1.82) is 0 Å². The van der Waals surface area contributed by atoms with E-state index in [0.717, 1.165) is 29.4 Å². The zero-order valence-electron chi connectivity index (χ0n) is 13.3. The van der Waals surface area contributed by atoms with E-state index in [4.69, 9.17) is 17.0 Å². The summed E-state index contributed by atoms with van der Waals surface area (Å²) in [5, 5.41) is 0. The van der Waals surface area contributed by atoms with E-state index in [0.29, 0.717) is 15.8 Å². The highest BCUT2D eigenvalue weighted by molar-refractivity contribution is 8.26. The van der Waals surface area contributed by atoms with Gasteiger partial charge in [-0.25, -0.2) is 0 Å². The van der Waals surface area contributed by atoms with Gasteiger partial charge >= 0.3 is 0 Å². The van der Waals surface area contributed by atoms with Crippen LogP contribution < -0.4 is 9.64 Å². The number of thiocarbonyl (C=S) groups is 1. The summed E-state index contributed by atoms with van der Waals surface area (Å²) >= 11 is 6.63. The lowest BCUT2D eigenvalue weighted by atomic mass is 10.2. The molecule has 0 bridgehead atoms. The molecular formula is C17H18N2O2S2. The first-order valence-electron chi connectivity index (χ1n) is 7.57. The lowest BCUT2D eigenvalue weighted by Crippen LogP contribution is -2.27. The van der Waals surface area contributed by atoms with Crippen molar-refractivity contribution in [3.63, 3.8) is 0 Å². The van der Waals surface area contributed by atoms with Crippen LogP contribution in [0.15, 0.2) is 46.7 Å². The maximum atomic E-state index is 12.4. The maximum absolute atomic E-state index is 12.4. The van der Waals surface area contributed by atoms with Crippen molar-refractivity contribution >= 4 is 39.9 Å². The van der Waals surface area contributed by atoms with E-state index in [-0.39, 0.29) is 5.91 Å². The van der Waals surface area contributed by atoms with Crippen LogP contribution in [0.4, 0.5) is 5.69 Å². The second kappa shape index (κ2) is 6.37. The van der Waals surface area contributed by atoms with Gasteiger partial charge in [-0.2, -0.15) is 0 Å². The van der Waals surface area contributed by atoms with Crippen molar-refractivity contribution in [2.24, 2.45) is 0 Å². The van der Waals surface area contributed by atoms with Gasteiger partial charge in [0, 0.05) is 19.2 Å². The van der Waals surface area contributed by atoms with Crippen molar-refractivity contribution in [3.8, 4) is 5.75 Å². The molecule has 1 amide bonds. The molecule has 0 aromatic heterocycles. The first kappa shape index (κ1) is 16.1. The number of nitrogens with zero attached hydrogens (tertiary/aromatic N) is 2. The fourth-order valence-corrected chi connectivity index (χ4v) is 4.03. The highest BCUT2D eigenvalue weighted by Gasteiger charge is 2.32. The van der Waals surface area contributed by atoms with E-state index < -0.39 is 0 Å². The Morgan fingerprint density at radius 1 is 1.26 bits per heavy atom. The van der Waals surface area contributed by atoms with Gasteiger partial charge in [-0.15, -0.1) is 0 Å². The van der Waals surface area contributed by atoms with Crippen LogP contribution in [-0.2, 0) is 4.79 Å². The summed E-state index contributed by atoms with van der Waals surface area (Å²) in [5.74, 6) is 1.57. The molecule has 4 nitrogen and oxygen atoms in total. The monoisotopic (exact) mass is 346 g/mol. The minimum Gasteiger partial charge on any atom is -0.439 e. The first-order chi connectivity index (χ1) is 11.1. The van der Waals surface area contributed by atoms with Crippen LogP contribution in [0.5, 0.6) is 5.75 Å². The molecule has 0 spiro atoms. The van der Waals surface area contributed by atoms with Crippen LogP contribution in [-0.4, -0.2) is 28.2 Å². The minimum absolute atomic E-state index is 0.0181. The third-order valence-electron chi connectivity index (χ3n) is 3.82. The molecule has 0 saturated carbocycles. The number of benzene rings is 1. The molecule has 1 aromatic rings. The van der Waals surface area contributed by atoms with Crippen LogP contribution in [0, 0.1) is 0 Å². The van der Waals surface area contributed by atoms with Crippen molar-refractivity contribution in [1.82, 2.24) is 4.90 Å². The number of anilines is 1. The van der Waals surface area contributed by atoms with Gasteiger partial charge in [0.15, 0.2) is 5.75 Å². The van der Waals surface area contributed by atoms with Gasteiger partial charge in [-0.3, -0.25) is 9.69 Å². The molecule has 0 unspecified atom stereocenters. The first-order valence-corrected chi connectivity index (χ1v) is 8.80.